The van der Waals surface area contributed by atoms with Gasteiger partial charge in [-0.05, 0) is 37.5 Å². The molecule has 0 heterocycles. The third-order valence-electron chi connectivity index (χ3n) is 6.50. The molecular formula is C20H36O2. The number of carboxylic acids is 1. The largest absolute Gasteiger partial charge is 0.481 e. The molecule has 128 valence electrons. The van der Waals surface area contributed by atoms with Crippen LogP contribution in [0, 0.1) is 17.3 Å². The smallest absolute Gasteiger partial charge is 0.309 e. The van der Waals surface area contributed by atoms with Crippen molar-refractivity contribution in [1.29, 1.82) is 0 Å². The summed E-state index contributed by atoms with van der Waals surface area (Å²) in [5.41, 5.74) is -0.378. The Bertz CT molecular complexity index is 325. The third kappa shape index (κ3) is 4.73. The SMILES string of the molecule is CCCCC(CCC1(C(=O)O)CCCCC1)C1CCCCC1. The van der Waals surface area contributed by atoms with Crippen LogP contribution in [0.3, 0.4) is 0 Å². The first-order valence-electron chi connectivity index (χ1n) is 9.91. The summed E-state index contributed by atoms with van der Waals surface area (Å²) >= 11 is 0. The van der Waals surface area contributed by atoms with Gasteiger partial charge >= 0.3 is 5.97 Å². The first-order valence-corrected chi connectivity index (χ1v) is 9.91. The van der Waals surface area contributed by atoms with Crippen molar-refractivity contribution in [2.24, 2.45) is 17.3 Å². The molecule has 0 aromatic carbocycles. The summed E-state index contributed by atoms with van der Waals surface area (Å²) in [5.74, 6) is 1.17. The Morgan fingerprint density at radius 2 is 1.68 bits per heavy atom. The van der Waals surface area contributed by atoms with Gasteiger partial charge in [0.25, 0.3) is 0 Å². The molecule has 0 aliphatic heterocycles. The molecule has 1 unspecified atom stereocenters. The van der Waals surface area contributed by atoms with Crippen LogP contribution in [0.1, 0.15) is 103 Å². The molecule has 2 aliphatic rings. The van der Waals surface area contributed by atoms with Gasteiger partial charge in [0.05, 0.1) is 5.41 Å². The summed E-state index contributed by atoms with van der Waals surface area (Å²) < 4.78 is 0. The summed E-state index contributed by atoms with van der Waals surface area (Å²) in [6, 6.07) is 0. The zero-order chi connectivity index (χ0) is 15.8. The van der Waals surface area contributed by atoms with Crippen LogP contribution in [0.2, 0.25) is 0 Å². The number of carbonyl (C=O) groups is 1. The van der Waals surface area contributed by atoms with Crippen molar-refractivity contribution >= 4 is 5.97 Å². The van der Waals surface area contributed by atoms with Gasteiger partial charge in [0.1, 0.15) is 0 Å². The second-order valence-corrected chi connectivity index (χ2v) is 7.99. The standard InChI is InChI=1S/C20H36O2/c1-2-3-10-18(17-11-6-4-7-12-17)13-16-20(19(21)22)14-8-5-9-15-20/h17-18H,2-16H2,1H3,(H,21,22). The van der Waals surface area contributed by atoms with Crippen LogP contribution in [0.5, 0.6) is 0 Å². The monoisotopic (exact) mass is 308 g/mol. The van der Waals surface area contributed by atoms with Crippen LogP contribution >= 0.6 is 0 Å². The van der Waals surface area contributed by atoms with Crippen molar-refractivity contribution in [3.63, 3.8) is 0 Å². The summed E-state index contributed by atoms with van der Waals surface area (Å²) in [7, 11) is 0. The van der Waals surface area contributed by atoms with Gasteiger partial charge in [0.2, 0.25) is 0 Å². The number of aliphatic carboxylic acids is 1. The van der Waals surface area contributed by atoms with Crippen molar-refractivity contribution in [3.8, 4) is 0 Å². The minimum absolute atomic E-state index is 0.378. The highest BCUT2D eigenvalue weighted by Gasteiger charge is 2.40. The van der Waals surface area contributed by atoms with E-state index in [1.54, 1.807) is 0 Å². The Morgan fingerprint density at radius 1 is 1.05 bits per heavy atom. The average molecular weight is 309 g/mol. The van der Waals surface area contributed by atoms with Crippen molar-refractivity contribution in [2.75, 3.05) is 0 Å². The van der Waals surface area contributed by atoms with E-state index in [0.29, 0.717) is 0 Å². The molecule has 0 radical (unpaired) electrons. The maximum absolute atomic E-state index is 11.9. The van der Waals surface area contributed by atoms with Gasteiger partial charge in [-0.1, -0.05) is 77.6 Å². The fraction of sp³-hybridized carbons (Fsp3) is 0.950. The highest BCUT2D eigenvalue weighted by Crippen LogP contribution is 2.44. The van der Waals surface area contributed by atoms with Gasteiger partial charge in [-0.25, -0.2) is 0 Å². The number of hydrogen-bond donors (Lipinski definition) is 1. The van der Waals surface area contributed by atoms with E-state index in [0.717, 1.165) is 50.4 Å². The molecule has 2 fully saturated rings. The molecule has 22 heavy (non-hydrogen) atoms. The summed E-state index contributed by atoms with van der Waals surface area (Å²) in [4.78, 5) is 11.9. The van der Waals surface area contributed by atoms with Crippen molar-refractivity contribution in [2.45, 2.75) is 103 Å². The topological polar surface area (TPSA) is 37.3 Å². The molecule has 2 aliphatic carbocycles. The molecule has 0 aromatic heterocycles. The van der Waals surface area contributed by atoms with E-state index >= 15 is 0 Å². The molecule has 2 heteroatoms. The predicted molar refractivity (Wildman–Crippen MR) is 92.0 cm³/mol. The number of carboxylic acid groups (broad SMARTS) is 1. The van der Waals surface area contributed by atoms with Gasteiger partial charge in [-0.2, -0.15) is 0 Å². The van der Waals surface area contributed by atoms with E-state index in [-0.39, 0.29) is 5.41 Å². The minimum Gasteiger partial charge on any atom is -0.481 e. The number of hydrogen-bond acceptors (Lipinski definition) is 1. The quantitative estimate of drug-likeness (QED) is 0.580. The van der Waals surface area contributed by atoms with Gasteiger partial charge < -0.3 is 5.11 Å². The molecule has 0 saturated heterocycles. The normalized spacial score (nSPS) is 24.0. The molecule has 1 atom stereocenters. The van der Waals surface area contributed by atoms with Crippen LogP contribution in [-0.4, -0.2) is 11.1 Å². The molecule has 1 N–H and O–H groups in total. The molecule has 0 aromatic rings. The van der Waals surface area contributed by atoms with Gasteiger partial charge in [-0.3, -0.25) is 4.79 Å². The van der Waals surface area contributed by atoms with E-state index in [2.05, 4.69) is 6.92 Å². The van der Waals surface area contributed by atoms with Crippen molar-refractivity contribution in [3.05, 3.63) is 0 Å². The van der Waals surface area contributed by atoms with E-state index < -0.39 is 5.97 Å². The van der Waals surface area contributed by atoms with Gasteiger partial charge in [0, 0.05) is 0 Å². The summed E-state index contributed by atoms with van der Waals surface area (Å²) in [6.07, 6.45) is 18.4. The van der Waals surface area contributed by atoms with Gasteiger partial charge in [0.15, 0.2) is 0 Å². The minimum atomic E-state index is -0.509. The Labute approximate surface area is 137 Å². The molecule has 0 bridgehead atoms. The third-order valence-corrected chi connectivity index (χ3v) is 6.50. The highest BCUT2D eigenvalue weighted by atomic mass is 16.4. The fourth-order valence-corrected chi connectivity index (χ4v) is 4.95. The molecule has 0 spiro atoms. The predicted octanol–water partition coefficient (Wildman–Crippen LogP) is 6.19. The van der Waals surface area contributed by atoms with E-state index in [1.165, 1.54) is 57.8 Å². The first kappa shape index (κ1) is 17.8. The van der Waals surface area contributed by atoms with E-state index in [9.17, 15) is 9.90 Å². The summed E-state index contributed by atoms with van der Waals surface area (Å²) in [5, 5.41) is 9.79. The van der Waals surface area contributed by atoms with E-state index in [4.69, 9.17) is 0 Å². The Balaban J connectivity index is 1.94. The summed E-state index contributed by atoms with van der Waals surface area (Å²) in [6.45, 7) is 2.28. The molecular weight excluding hydrogens is 272 g/mol. The zero-order valence-electron chi connectivity index (χ0n) is 14.6. The number of rotatable bonds is 8. The van der Waals surface area contributed by atoms with Crippen molar-refractivity contribution < 1.29 is 9.90 Å². The van der Waals surface area contributed by atoms with Crippen molar-refractivity contribution in [1.82, 2.24) is 0 Å². The van der Waals surface area contributed by atoms with Crippen LogP contribution in [-0.2, 0) is 4.79 Å². The second-order valence-electron chi connectivity index (χ2n) is 7.99. The van der Waals surface area contributed by atoms with Crippen LogP contribution in [0.25, 0.3) is 0 Å². The highest BCUT2D eigenvalue weighted by molar-refractivity contribution is 5.74. The maximum atomic E-state index is 11.9. The van der Waals surface area contributed by atoms with Crippen LogP contribution in [0.15, 0.2) is 0 Å². The average Bonchev–Trinajstić information content (AvgIpc) is 2.56. The Morgan fingerprint density at radius 3 is 2.27 bits per heavy atom. The van der Waals surface area contributed by atoms with Crippen LogP contribution < -0.4 is 0 Å². The molecule has 2 nitrogen and oxygen atoms in total. The Kier molecular flexibility index (Phi) is 7.24. The molecule has 0 amide bonds. The Hall–Kier alpha value is -0.530. The number of unbranched alkanes of at least 4 members (excludes halogenated alkanes) is 1. The van der Waals surface area contributed by atoms with E-state index in [1.807, 2.05) is 0 Å². The maximum Gasteiger partial charge on any atom is 0.309 e. The molecule has 2 saturated carbocycles. The first-order chi connectivity index (χ1) is 10.7. The zero-order valence-corrected chi connectivity index (χ0v) is 14.6. The second kappa shape index (κ2) is 8.93. The fourth-order valence-electron chi connectivity index (χ4n) is 4.95. The lowest BCUT2D eigenvalue weighted by Crippen LogP contribution is -2.34. The van der Waals surface area contributed by atoms with Crippen LogP contribution in [0.4, 0.5) is 0 Å². The lowest BCUT2D eigenvalue weighted by atomic mass is 9.67. The molecule has 2 rings (SSSR count). The van der Waals surface area contributed by atoms with Gasteiger partial charge in [-0.15, -0.1) is 0 Å². The lowest BCUT2D eigenvalue weighted by Gasteiger charge is -2.36. The lowest BCUT2D eigenvalue weighted by molar-refractivity contribution is -0.152.